The molecule has 0 unspecified atom stereocenters. The fourth-order valence-electron chi connectivity index (χ4n) is 2.27. The Kier molecular flexibility index (Phi) is 4.66. The maximum atomic E-state index is 12.1. The van der Waals surface area contributed by atoms with Gasteiger partial charge < -0.3 is 10.1 Å². The van der Waals surface area contributed by atoms with Gasteiger partial charge in [-0.25, -0.2) is 4.98 Å². The zero-order valence-corrected chi connectivity index (χ0v) is 13.2. The minimum absolute atomic E-state index is 0.197. The van der Waals surface area contributed by atoms with E-state index in [2.05, 4.69) is 9.97 Å². The van der Waals surface area contributed by atoms with Crippen LogP contribution in [0.4, 0.5) is 0 Å². The van der Waals surface area contributed by atoms with Crippen molar-refractivity contribution in [3.05, 3.63) is 39.4 Å². The molecular weight excluding hydrogens is 290 g/mol. The molecule has 6 heteroatoms. The molecule has 0 saturated heterocycles. The smallest absolute Gasteiger partial charge is 0.258 e. The third-order valence-corrected chi connectivity index (χ3v) is 3.38. The van der Waals surface area contributed by atoms with E-state index >= 15 is 0 Å². The van der Waals surface area contributed by atoms with Gasteiger partial charge in [0.1, 0.15) is 5.82 Å². The summed E-state index contributed by atoms with van der Waals surface area (Å²) in [5.41, 5.74) is -0.366. The number of aromatic amines is 1. The number of hydrogen-bond acceptors (Lipinski definition) is 4. The highest BCUT2D eigenvalue weighted by molar-refractivity contribution is 6.31. The van der Waals surface area contributed by atoms with Gasteiger partial charge in [0.2, 0.25) is 0 Å². The van der Waals surface area contributed by atoms with Gasteiger partial charge in [-0.05, 0) is 38.6 Å². The fourth-order valence-corrected chi connectivity index (χ4v) is 2.44. The van der Waals surface area contributed by atoms with Crippen LogP contribution in [-0.4, -0.2) is 38.7 Å². The number of H-pyrrole nitrogens is 1. The predicted molar refractivity (Wildman–Crippen MR) is 84.6 cm³/mol. The number of halogens is 1. The van der Waals surface area contributed by atoms with Crippen LogP contribution in [0.3, 0.4) is 0 Å². The van der Waals surface area contributed by atoms with E-state index in [4.69, 9.17) is 11.6 Å². The molecule has 21 heavy (non-hydrogen) atoms. The summed E-state index contributed by atoms with van der Waals surface area (Å²) < 4.78 is 0. The standard InChI is InChI=1S/C15H20ClN3O2/c1-4-19(9-15(2,3)21)8-13-17-12-6-5-10(16)7-11(12)14(20)18-13/h5-7,21H,4,8-9H2,1-3H3,(H,17,18,20). The van der Waals surface area contributed by atoms with Crippen molar-refractivity contribution in [3.63, 3.8) is 0 Å². The average Bonchev–Trinajstić information content (AvgIpc) is 2.37. The van der Waals surface area contributed by atoms with E-state index in [9.17, 15) is 9.90 Å². The van der Waals surface area contributed by atoms with E-state index < -0.39 is 5.60 Å². The van der Waals surface area contributed by atoms with Gasteiger partial charge in [-0.1, -0.05) is 18.5 Å². The summed E-state index contributed by atoms with van der Waals surface area (Å²) in [6.45, 7) is 7.26. The number of hydrogen-bond donors (Lipinski definition) is 2. The van der Waals surface area contributed by atoms with Crippen LogP contribution < -0.4 is 5.56 Å². The third kappa shape index (κ3) is 4.27. The number of rotatable bonds is 5. The molecule has 1 aromatic heterocycles. The summed E-state index contributed by atoms with van der Waals surface area (Å²) in [5, 5.41) is 10.9. The van der Waals surface area contributed by atoms with E-state index in [-0.39, 0.29) is 5.56 Å². The Hall–Kier alpha value is -1.43. The molecule has 0 aliphatic carbocycles. The average molecular weight is 310 g/mol. The molecule has 2 rings (SSSR count). The van der Waals surface area contributed by atoms with Crippen molar-refractivity contribution >= 4 is 22.5 Å². The lowest BCUT2D eigenvalue weighted by Gasteiger charge is -2.27. The van der Waals surface area contributed by atoms with E-state index in [1.165, 1.54) is 0 Å². The molecule has 0 radical (unpaired) electrons. The Balaban J connectivity index is 2.30. The molecule has 5 nitrogen and oxygen atoms in total. The number of aliphatic hydroxyl groups is 1. The number of likely N-dealkylation sites (N-methyl/N-ethyl adjacent to an activating group) is 1. The maximum absolute atomic E-state index is 12.1. The zero-order chi connectivity index (χ0) is 15.6. The normalized spacial score (nSPS) is 12.3. The van der Waals surface area contributed by atoms with Crippen LogP contribution in [0.1, 0.15) is 26.6 Å². The summed E-state index contributed by atoms with van der Waals surface area (Å²) in [5.74, 6) is 0.584. The second-order valence-corrected chi connectivity index (χ2v) is 6.23. The van der Waals surface area contributed by atoms with Gasteiger partial charge in [-0.2, -0.15) is 0 Å². The second kappa shape index (κ2) is 6.13. The predicted octanol–water partition coefficient (Wildman–Crippen LogP) is 2.17. The van der Waals surface area contributed by atoms with Crippen LogP contribution in [0.25, 0.3) is 10.9 Å². The van der Waals surface area contributed by atoms with Crippen molar-refractivity contribution < 1.29 is 5.11 Å². The summed E-state index contributed by atoms with van der Waals surface area (Å²) >= 11 is 5.89. The highest BCUT2D eigenvalue weighted by Gasteiger charge is 2.18. The van der Waals surface area contributed by atoms with Crippen molar-refractivity contribution in [2.45, 2.75) is 32.9 Å². The number of nitrogens with zero attached hydrogens (tertiary/aromatic N) is 2. The van der Waals surface area contributed by atoms with Crippen molar-refractivity contribution in [3.8, 4) is 0 Å². The summed E-state index contributed by atoms with van der Waals surface area (Å²) in [7, 11) is 0. The molecule has 0 spiro atoms. The molecule has 0 atom stereocenters. The van der Waals surface area contributed by atoms with Crippen LogP contribution in [0.2, 0.25) is 5.02 Å². The highest BCUT2D eigenvalue weighted by Crippen LogP contribution is 2.15. The molecule has 114 valence electrons. The molecular formula is C15H20ClN3O2. The molecule has 0 aliphatic rings. The Bertz CT molecular complexity index is 691. The summed E-state index contributed by atoms with van der Waals surface area (Å²) in [6, 6.07) is 5.07. The lowest BCUT2D eigenvalue weighted by molar-refractivity contribution is 0.0346. The van der Waals surface area contributed by atoms with Crippen molar-refractivity contribution in [1.82, 2.24) is 14.9 Å². The Morgan fingerprint density at radius 1 is 1.43 bits per heavy atom. The van der Waals surface area contributed by atoms with Crippen molar-refractivity contribution in [2.75, 3.05) is 13.1 Å². The molecule has 0 bridgehead atoms. The van der Waals surface area contributed by atoms with E-state index in [1.807, 2.05) is 11.8 Å². The first-order valence-corrected chi connectivity index (χ1v) is 7.29. The maximum Gasteiger partial charge on any atom is 0.258 e. The Labute approximate surface area is 128 Å². The van der Waals surface area contributed by atoms with Crippen LogP contribution in [0.5, 0.6) is 0 Å². The van der Waals surface area contributed by atoms with Crippen LogP contribution >= 0.6 is 11.6 Å². The lowest BCUT2D eigenvalue weighted by atomic mass is 10.1. The fraction of sp³-hybridized carbons (Fsp3) is 0.467. The van der Waals surface area contributed by atoms with Gasteiger partial charge in [0.05, 0.1) is 23.0 Å². The van der Waals surface area contributed by atoms with Crippen LogP contribution in [0.15, 0.2) is 23.0 Å². The first kappa shape index (κ1) is 15.9. The monoisotopic (exact) mass is 309 g/mol. The topological polar surface area (TPSA) is 69.2 Å². The van der Waals surface area contributed by atoms with E-state index in [0.29, 0.717) is 34.8 Å². The van der Waals surface area contributed by atoms with E-state index in [0.717, 1.165) is 6.54 Å². The van der Waals surface area contributed by atoms with Crippen LogP contribution in [-0.2, 0) is 6.54 Å². The Morgan fingerprint density at radius 2 is 2.14 bits per heavy atom. The number of fused-ring (bicyclic) bond motifs is 1. The first-order chi connectivity index (χ1) is 9.78. The van der Waals surface area contributed by atoms with E-state index in [1.54, 1.807) is 32.0 Å². The molecule has 2 aromatic rings. The highest BCUT2D eigenvalue weighted by atomic mass is 35.5. The molecule has 0 fully saturated rings. The largest absolute Gasteiger partial charge is 0.389 e. The van der Waals surface area contributed by atoms with Gasteiger partial charge in [0, 0.05) is 11.6 Å². The third-order valence-electron chi connectivity index (χ3n) is 3.15. The molecule has 2 N–H and O–H groups in total. The molecule has 1 aromatic carbocycles. The molecule has 0 aliphatic heterocycles. The number of nitrogens with one attached hydrogen (secondary N) is 1. The van der Waals surface area contributed by atoms with Crippen molar-refractivity contribution in [1.29, 1.82) is 0 Å². The lowest BCUT2D eigenvalue weighted by Crippen LogP contribution is -2.38. The van der Waals surface area contributed by atoms with Crippen molar-refractivity contribution in [2.24, 2.45) is 0 Å². The minimum Gasteiger partial charge on any atom is -0.389 e. The van der Waals surface area contributed by atoms with Gasteiger partial charge in [-0.15, -0.1) is 0 Å². The van der Waals surface area contributed by atoms with Crippen LogP contribution in [0, 0.1) is 0 Å². The quantitative estimate of drug-likeness (QED) is 0.888. The number of aromatic nitrogens is 2. The van der Waals surface area contributed by atoms with Gasteiger partial charge in [-0.3, -0.25) is 9.69 Å². The molecule has 0 amide bonds. The second-order valence-electron chi connectivity index (χ2n) is 5.79. The van der Waals surface area contributed by atoms with Gasteiger partial charge in [0.25, 0.3) is 5.56 Å². The Morgan fingerprint density at radius 3 is 2.76 bits per heavy atom. The first-order valence-electron chi connectivity index (χ1n) is 6.91. The minimum atomic E-state index is -0.791. The van der Waals surface area contributed by atoms with Gasteiger partial charge >= 0.3 is 0 Å². The number of benzene rings is 1. The summed E-state index contributed by atoms with van der Waals surface area (Å²) in [6.07, 6.45) is 0. The van der Waals surface area contributed by atoms with Gasteiger partial charge in [0.15, 0.2) is 0 Å². The summed E-state index contributed by atoms with van der Waals surface area (Å²) in [4.78, 5) is 21.3. The molecule has 0 saturated carbocycles. The molecule has 1 heterocycles. The SMILES string of the molecule is CCN(Cc1nc2ccc(Cl)cc2c(=O)[nH]1)CC(C)(C)O. The zero-order valence-electron chi connectivity index (χ0n) is 12.5.